The maximum Gasteiger partial charge on any atom is 0.267 e. The summed E-state index contributed by atoms with van der Waals surface area (Å²) in [7, 11) is 0. The Bertz CT molecular complexity index is 1810. The molecule has 0 aliphatic carbocycles. The SMILES string of the molecule is C#CCC(CC(=O)CCCC)C(=O)Nc1ccc(O[C@@H]2OC(CO)[C@H](O[C@H]3OC(CO)[C@H](O[C@H]4OC(CO)[C@@H](O[C@H]5OC(CO)[C@@H](O)[C@H](O)C5O)[C@H](O)C4O)[C@H](O)C3O)[C@H](O)C2O)c(C(F)F)c1. The van der Waals surface area contributed by atoms with Crippen molar-refractivity contribution in [1.82, 2.24) is 0 Å². The molecule has 14 N–H and O–H groups in total. The smallest absolute Gasteiger partial charge is 0.267 e. The molecule has 0 saturated carbocycles. The van der Waals surface area contributed by atoms with E-state index < -0.39 is 179 Å². The van der Waals surface area contributed by atoms with E-state index in [4.69, 9.17) is 44.3 Å². The lowest BCUT2D eigenvalue weighted by atomic mass is 9.95. The van der Waals surface area contributed by atoms with Crippen LogP contribution in [0.25, 0.3) is 0 Å². The molecule has 0 spiro atoms. The van der Waals surface area contributed by atoms with Crippen LogP contribution in [0.5, 0.6) is 5.75 Å². The maximum atomic E-state index is 14.4. The Balaban J connectivity index is 1.22. The molecule has 1 aromatic carbocycles. The highest BCUT2D eigenvalue weighted by atomic mass is 19.3. The fraction of sp³-hybridized carbons (Fsp3) is 0.762. The Hall–Kier alpha value is -3.22. The first kappa shape index (κ1) is 55.7. The molecule has 0 aromatic heterocycles. The van der Waals surface area contributed by atoms with Crippen LogP contribution in [0.2, 0.25) is 0 Å². The number of nitrogens with one attached hydrogen (secondary N) is 1. The van der Waals surface area contributed by atoms with E-state index in [-0.39, 0.29) is 30.7 Å². The summed E-state index contributed by atoms with van der Waals surface area (Å²) >= 11 is 0. The van der Waals surface area contributed by atoms with Crippen LogP contribution in [0, 0.1) is 18.3 Å². The first-order valence-electron chi connectivity index (χ1n) is 21.8. The van der Waals surface area contributed by atoms with Crippen molar-refractivity contribution < 1.29 is 123 Å². The van der Waals surface area contributed by atoms with Crippen molar-refractivity contribution in [2.75, 3.05) is 31.7 Å². The van der Waals surface area contributed by atoms with Crippen molar-refractivity contribution >= 4 is 17.4 Å². The lowest BCUT2D eigenvalue weighted by Crippen LogP contribution is -2.67. The molecule has 4 fully saturated rings. The standard InChI is InChI=1S/C42H61F2NO23/c1-3-5-7-18(50)10-16(6-4-2)38(60)45-17-8-9-20(19(11-17)37(43)44)61-39-31(57)27(53)34(22(13-47)63-39)67-41-33(59)29(55)36(24(15-49)65-41)68-42-32(58)28(54)35(23(14-48)64-42)66-40-30(56)26(52)25(51)21(12-46)62-40/h2,8-9,11,16,21-37,39-42,46-49,51-59H,3,5-7,10,12-15H2,1H3,(H,45,60)/t16?,21?,22?,23?,24?,25-,26+,27-,28-,29-,30?,31?,32?,33?,34+,35-,36+,39-,40-,41-,42-/m1/s1. The first-order chi connectivity index (χ1) is 32.3. The molecule has 5 rings (SSSR count). The van der Waals surface area contributed by atoms with Gasteiger partial charge in [0.05, 0.1) is 37.9 Å². The Morgan fingerprint density at radius 2 is 1.10 bits per heavy atom. The number of carbonyl (C=O) groups is 2. The lowest BCUT2D eigenvalue weighted by Gasteiger charge is -2.49. The van der Waals surface area contributed by atoms with Crippen molar-refractivity contribution in [3.8, 4) is 18.1 Å². The lowest BCUT2D eigenvalue weighted by molar-refractivity contribution is -0.387. The predicted molar refractivity (Wildman–Crippen MR) is 218 cm³/mol. The third-order valence-electron chi connectivity index (χ3n) is 12.0. The molecule has 0 bridgehead atoms. The number of hydrogen-bond donors (Lipinski definition) is 14. The van der Waals surface area contributed by atoms with Gasteiger partial charge in [-0.1, -0.05) is 13.3 Å². The number of hydrogen-bond acceptors (Lipinski definition) is 23. The zero-order chi connectivity index (χ0) is 50.1. The first-order valence-corrected chi connectivity index (χ1v) is 21.8. The molecule has 68 heavy (non-hydrogen) atoms. The quantitative estimate of drug-likeness (QED) is 0.0513. The maximum absolute atomic E-state index is 14.4. The van der Waals surface area contributed by atoms with Gasteiger partial charge in [0, 0.05) is 24.9 Å². The molecule has 0 radical (unpaired) electrons. The fourth-order valence-electron chi connectivity index (χ4n) is 8.05. The molecular formula is C42H61F2NO23. The second kappa shape index (κ2) is 25.2. The van der Waals surface area contributed by atoms with Gasteiger partial charge in [0.15, 0.2) is 18.9 Å². The third-order valence-corrected chi connectivity index (χ3v) is 12.0. The third kappa shape index (κ3) is 12.8. The van der Waals surface area contributed by atoms with Crippen molar-refractivity contribution in [3.05, 3.63) is 23.8 Å². The number of rotatable bonds is 21. The van der Waals surface area contributed by atoms with Crippen LogP contribution >= 0.6 is 0 Å². The topological polar surface area (TPSA) is 383 Å². The van der Waals surface area contributed by atoms with Crippen LogP contribution in [0.3, 0.4) is 0 Å². The van der Waals surface area contributed by atoms with Gasteiger partial charge in [-0.3, -0.25) is 9.59 Å². The molecule has 1 aromatic rings. The van der Waals surface area contributed by atoms with Crippen LogP contribution in [-0.4, -0.2) is 227 Å². The van der Waals surface area contributed by atoms with E-state index in [1.54, 1.807) is 0 Å². The average Bonchev–Trinajstić information content (AvgIpc) is 3.32. The number of anilines is 1. The van der Waals surface area contributed by atoms with Crippen molar-refractivity contribution in [2.45, 2.75) is 168 Å². The summed E-state index contributed by atoms with van der Waals surface area (Å²) in [6.07, 6.45) is -34.2. The van der Waals surface area contributed by atoms with Gasteiger partial charge >= 0.3 is 0 Å². The molecule has 386 valence electrons. The molecular weight excluding hydrogens is 924 g/mol. The van der Waals surface area contributed by atoms with Gasteiger partial charge in [0.25, 0.3) is 6.43 Å². The Morgan fingerprint density at radius 1 is 0.662 bits per heavy atom. The predicted octanol–water partition coefficient (Wildman–Crippen LogP) is -5.00. The highest BCUT2D eigenvalue weighted by Crippen LogP contribution is 2.37. The van der Waals surface area contributed by atoms with E-state index in [1.807, 2.05) is 6.92 Å². The second-order valence-electron chi connectivity index (χ2n) is 16.7. The highest BCUT2D eigenvalue weighted by Gasteiger charge is 2.55. The minimum Gasteiger partial charge on any atom is -0.461 e. The molecule has 24 nitrogen and oxygen atoms in total. The molecule has 9 unspecified atom stereocenters. The Kier molecular flexibility index (Phi) is 20.7. The molecule has 1 amide bonds. The summed E-state index contributed by atoms with van der Waals surface area (Å²) in [6, 6.07) is 3.07. The van der Waals surface area contributed by atoms with Gasteiger partial charge in [-0.15, -0.1) is 12.3 Å². The minimum atomic E-state index is -3.23. The van der Waals surface area contributed by atoms with E-state index in [2.05, 4.69) is 11.2 Å². The van der Waals surface area contributed by atoms with Crippen LogP contribution < -0.4 is 10.1 Å². The number of amides is 1. The Morgan fingerprint density at radius 3 is 1.54 bits per heavy atom. The monoisotopic (exact) mass is 985 g/mol. The van der Waals surface area contributed by atoms with E-state index in [0.717, 1.165) is 18.6 Å². The number of Topliss-reactive ketones (excluding diaryl/α,β-unsaturated/α-hetero) is 1. The Labute approximate surface area is 387 Å². The number of aliphatic hydroxyl groups excluding tert-OH is 13. The number of benzene rings is 1. The number of ether oxygens (including phenoxy) is 8. The van der Waals surface area contributed by atoms with Crippen LogP contribution in [0.4, 0.5) is 14.5 Å². The number of alkyl halides is 2. The second-order valence-corrected chi connectivity index (χ2v) is 16.7. The van der Waals surface area contributed by atoms with Gasteiger partial charge in [-0.2, -0.15) is 0 Å². The largest absolute Gasteiger partial charge is 0.461 e. The van der Waals surface area contributed by atoms with Crippen molar-refractivity contribution in [1.29, 1.82) is 0 Å². The summed E-state index contributed by atoms with van der Waals surface area (Å²) in [6.45, 7) is -1.88. The van der Waals surface area contributed by atoms with Gasteiger partial charge in [-0.25, -0.2) is 8.78 Å². The van der Waals surface area contributed by atoms with Gasteiger partial charge in [0.1, 0.15) is 109 Å². The van der Waals surface area contributed by atoms with Gasteiger partial charge in [0.2, 0.25) is 12.2 Å². The summed E-state index contributed by atoms with van der Waals surface area (Å²) in [5, 5.41) is 140. The summed E-state index contributed by atoms with van der Waals surface area (Å²) < 4.78 is 73.2. The van der Waals surface area contributed by atoms with Crippen LogP contribution in [0.15, 0.2) is 18.2 Å². The summed E-state index contributed by atoms with van der Waals surface area (Å²) in [4.78, 5) is 25.4. The number of unbranched alkanes of at least 4 members (excludes halogenated alkanes) is 1. The number of aliphatic hydroxyl groups is 13. The number of carbonyl (C=O) groups excluding carboxylic acids is 2. The zero-order valence-corrected chi connectivity index (χ0v) is 36.5. The normalized spacial score (nSPS) is 39.2. The van der Waals surface area contributed by atoms with E-state index in [0.29, 0.717) is 6.42 Å². The number of halogens is 2. The van der Waals surface area contributed by atoms with E-state index in [9.17, 15) is 84.8 Å². The summed E-state index contributed by atoms with van der Waals surface area (Å²) in [5.74, 6) is -0.0534. The van der Waals surface area contributed by atoms with Crippen molar-refractivity contribution in [3.63, 3.8) is 0 Å². The van der Waals surface area contributed by atoms with E-state index in [1.165, 1.54) is 6.07 Å². The van der Waals surface area contributed by atoms with Crippen LogP contribution in [0.1, 0.15) is 51.0 Å². The molecule has 21 atom stereocenters. The van der Waals surface area contributed by atoms with Gasteiger partial charge < -0.3 is 110 Å². The summed E-state index contributed by atoms with van der Waals surface area (Å²) in [5.41, 5.74) is -0.912. The van der Waals surface area contributed by atoms with Gasteiger partial charge in [-0.05, 0) is 24.6 Å². The minimum absolute atomic E-state index is 0.0920. The molecule has 4 aliphatic rings. The molecule has 4 saturated heterocycles. The number of ketones is 1. The fourth-order valence-corrected chi connectivity index (χ4v) is 8.05. The highest BCUT2D eigenvalue weighted by molar-refractivity contribution is 5.95. The van der Waals surface area contributed by atoms with E-state index >= 15 is 0 Å². The van der Waals surface area contributed by atoms with Crippen LogP contribution in [-0.2, 0) is 42.7 Å². The molecule has 4 heterocycles. The average molecular weight is 986 g/mol. The zero-order valence-electron chi connectivity index (χ0n) is 36.5. The van der Waals surface area contributed by atoms with Crippen molar-refractivity contribution in [2.24, 2.45) is 5.92 Å². The molecule has 26 heteroatoms. The molecule has 4 aliphatic heterocycles. The number of terminal acetylenes is 1.